The summed E-state index contributed by atoms with van der Waals surface area (Å²) in [6.07, 6.45) is 2.30. The standard InChI is InChI=1S/C23H29F4N5O5S/c1-22(34)6-2-3-17(22)32-18-13(9-16(19(32)33)37-20(24)25)12-28-21(30-18)29-14-4-7-31(8-5-14)38(35,36)15-10-23(26,27)11-15/h9,12,14-15,17,20,34H,2-8,10-11H2,1H3,(H,28,29,30)/t17-,22-/m1/s1. The molecule has 1 aliphatic heterocycles. The molecule has 0 radical (unpaired) electrons. The number of aliphatic hydroxyl groups is 1. The van der Waals surface area contributed by atoms with Crippen molar-refractivity contribution in [3.63, 3.8) is 0 Å². The van der Waals surface area contributed by atoms with Gasteiger partial charge >= 0.3 is 6.61 Å². The van der Waals surface area contributed by atoms with E-state index in [2.05, 4.69) is 20.0 Å². The Kier molecular flexibility index (Phi) is 6.83. The van der Waals surface area contributed by atoms with Crippen molar-refractivity contribution in [2.75, 3.05) is 18.4 Å². The number of piperidine rings is 1. The van der Waals surface area contributed by atoms with Crippen LogP contribution in [0.15, 0.2) is 17.1 Å². The number of sulfonamides is 1. The maximum absolute atomic E-state index is 13.2. The summed E-state index contributed by atoms with van der Waals surface area (Å²) in [5.74, 6) is -3.35. The van der Waals surface area contributed by atoms with Gasteiger partial charge in [0.05, 0.1) is 16.9 Å². The molecule has 0 spiro atoms. The van der Waals surface area contributed by atoms with E-state index in [0.717, 1.165) is 6.07 Å². The molecule has 3 heterocycles. The first-order chi connectivity index (χ1) is 17.8. The maximum Gasteiger partial charge on any atom is 0.387 e. The van der Waals surface area contributed by atoms with Crippen LogP contribution in [-0.4, -0.2) is 74.9 Å². The number of fused-ring (bicyclic) bond motifs is 1. The largest absolute Gasteiger partial charge is 0.429 e. The number of nitrogens with zero attached hydrogens (tertiary/aromatic N) is 4. The summed E-state index contributed by atoms with van der Waals surface area (Å²) in [6, 6.07) is 0.202. The SMILES string of the molecule is C[C@@]1(O)CCC[C@H]1n1c(=O)c(OC(F)F)cc2cnc(NC3CCN(S(=O)(=O)C4CC(F)(F)C4)CC3)nc21. The first kappa shape index (κ1) is 27.1. The van der Waals surface area contributed by atoms with Gasteiger partial charge in [0.1, 0.15) is 5.65 Å². The first-order valence-corrected chi connectivity index (χ1v) is 14.0. The molecule has 0 unspecified atom stereocenters. The van der Waals surface area contributed by atoms with Gasteiger partial charge in [-0.1, -0.05) is 0 Å². The summed E-state index contributed by atoms with van der Waals surface area (Å²) in [5, 5.41) is 13.2. The molecular weight excluding hydrogens is 534 g/mol. The molecule has 2 saturated carbocycles. The Morgan fingerprint density at radius 2 is 1.89 bits per heavy atom. The Labute approximate surface area is 216 Å². The number of hydrogen-bond acceptors (Lipinski definition) is 8. The number of pyridine rings is 1. The van der Waals surface area contributed by atoms with E-state index in [1.54, 1.807) is 6.92 Å². The number of aromatic nitrogens is 3. The van der Waals surface area contributed by atoms with E-state index in [4.69, 9.17) is 0 Å². The number of halogens is 4. The highest BCUT2D eigenvalue weighted by Gasteiger charge is 2.53. The second-order valence-electron chi connectivity index (χ2n) is 10.5. The highest BCUT2D eigenvalue weighted by Crippen LogP contribution is 2.43. The van der Waals surface area contributed by atoms with Gasteiger partial charge in [-0.15, -0.1) is 0 Å². The molecule has 0 amide bonds. The van der Waals surface area contributed by atoms with Crippen LogP contribution < -0.4 is 15.6 Å². The molecule has 3 fully saturated rings. The van der Waals surface area contributed by atoms with E-state index in [9.17, 15) is 35.9 Å². The molecule has 0 aromatic carbocycles. The molecule has 2 N–H and O–H groups in total. The topological polar surface area (TPSA) is 127 Å². The van der Waals surface area contributed by atoms with Crippen molar-refractivity contribution in [3.05, 3.63) is 22.6 Å². The summed E-state index contributed by atoms with van der Waals surface area (Å²) in [7, 11) is -3.80. The van der Waals surface area contributed by atoms with Gasteiger partial charge in [0, 0.05) is 43.6 Å². The van der Waals surface area contributed by atoms with Crippen molar-refractivity contribution in [3.8, 4) is 5.75 Å². The molecule has 2 aliphatic carbocycles. The van der Waals surface area contributed by atoms with E-state index in [-0.39, 0.29) is 36.1 Å². The van der Waals surface area contributed by atoms with Gasteiger partial charge in [0.15, 0.2) is 5.75 Å². The average molecular weight is 564 g/mol. The van der Waals surface area contributed by atoms with Crippen LogP contribution in [0, 0.1) is 0 Å². The second-order valence-corrected chi connectivity index (χ2v) is 12.8. The molecule has 1 saturated heterocycles. The van der Waals surface area contributed by atoms with Gasteiger partial charge in [-0.2, -0.15) is 13.8 Å². The van der Waals surface area contributed by atoms with Gasteiger partial charge < -0.3 is 15.2 Å². The highest BCUT2D eigenvalue weighted by atomic mass is 32.2. The Morgan fingerprint density at radius 3 is 2.47 bits per heavy atom. The average Bonchev–Trinajstić information content (AvgIpc) is 3.17. The lowest BCUT2D eigenvalue weighted by molar-refractivity contribution is -0.0695. The van der Waals surface area contributed by atoms with Crippen molar-refractivity contribution < 1.29 is 35.8 Å². The second kappa shape index (κ2) is 9.59. The van der Waals surface area contributed by atoms with E-state index in [1.807, 2.05) is 0 Å². The van der Waals surface area contributed by atoms with E-state index in [0.29, 0.717) is 32.1 Å². The normalized spacial score (nSPS) is 27.1. The molecule has 15 heteroatoms. The maximum atomic E-state index is 13.2. The van der Waals surface area contributed by atoms with Gasteiger partial charge in [-0.3, -0.25) is 9.36 Å². The fourth-order valence-corrected chi connectivity index (χ4v) is 7.69. The molecule has 38 heavy (non-hydrogen) atoms. The van der Waals surface area contributed by atoms with Gasteiger partial charge in [0.2, 0.25) is 16.0 Å². The number of anilines is 1. The third-order valence-corrected chi connectivity index (χ3v) is 10.0. The Hall–Kier alpha value is -2.52. The van der Waals surface area contributed by atoms with Crippen LogP contribution in [0.4, 0.5) is 23.5 Å². The minimum absolute atomic E-state index is 0.144. The van der Waals surface area contributed by atoms with Crippen LogP contribution in [0.25, 0.3) is 11.0 Å². The summed E-state index contributed by atoms with van der Waals surface area (Å²) in [4.78, 5) is 21.8. The van der Waals surface area contributed by atoms with Crippen molar-refractivity contribution >= 4 is 27.0 Å². The minimum Gasteiger partial charge on any atom is -0.429 e. The quantitative estimate of drug-likeness (QED) is 0.493. The minimum atomic E-state index is -3.80. The van der Waals surface area contributed by atoms with Gasteiger partial charge in [-0.05, 0) is 45.1 Å². The van der Waals surface area contributed by atoms with E-state index < -0.39 is 63.6 Å². The lowest BCUT2D eigenvalue weighted by Crippen LogP contribution is -2.52. The van der Waals surface area contributed by atoms with Crippen LogP contribution in [0.1, 0.15) is 57.9 Å². The number of hydrogen-bond donors (Lipinski definition) is 2. The number of ether oxygens (including phenoxy) is 1. The van der Waals surface area contributed by atoms with Crippen LogP contribution in [0.3, 0.4) is 0 Å². The number of rotatable bonds is 7. The fraction of sp³-hybridized carbons (Fsp3) is 0.696. The lowest BCUT2D eigenvalue weighted by Gasteiger charge is -2.39. The van der Waals surface area contributed by atoms with Crippen LogP contribution in [0.2, 0.25) is 0 Å². The van der Waals surface area contributed by atoms with Crippen molar-refractivity contribution in [1.82, 2.24) is 18.8 Å². The third kappa shape index (κ3) is 5.07. The summed E-state index contributed by atoms with van der Waals surface area (Å²) in [6.45, 7) is -1.33. The molecular formula is C23H29F4N5O5S. The Bertz CT molecular complexity index is 1370. The van der Waals surface area contributed by atoms with Crippen molar-refractivity contribution in [1.29, 1.82) is 0 Å². The van der Waals surface area contributed by atoms with Crippen LogP contribution in [-0.2, 0) is 10.0 Å². The highest BCUT2D eigenvalue weighted by molar-refractivity contribution is 7.89. The molecule has 2 aromatic rings. The van der Waals surface area contributed by atoms with Crippen LogP contribution in [0.5, 0.6) is 5.75 Å². The smallest absolute Gasteiger partial charge is 0.387 e. The molecule has 2 aromatic heterocycles. The number of nitrogens with one attached hydrogen (secondary N) is 1. The molecule has 10 nitrogen and oxygen atoms in total. The first-order valence-electron chi connectivity index (χ1n) is 12.5. The molecule has 2 atom stereocenters. The monoisotopic (exact) mass is 563 g/mol. The molecule has 5 rings (SSSR count). The zero-order valence-corrected chi connectivity index (χ0v) is 21.4. The van der Waals surface area contributed by atoms with Gasteiger partial charge in [-0.25, -0.2) is 26.5 Å². The van der Waals surface area contributed by atoms with Gasteiger partial charge in [0.25, 0.3) is 11.5 Å². The Balaban J connectivity index is 1.37. The molecule has 210 valence electrons. The summed E-state index contributed by atoms with van der Waals surface area (Å²) < 4.78 is 84.5. The molecule has 3 aliphatic rings. The lowest BCUT2D eigenvalue weighted by atomic mass is 9.94. The molecule has 0 bridgehead atoms. The fourth-order valence-electron chi connectivity index (χ4n) is 5.64. The zero-order valence-electron chi connectivity index (χ0n) is 20.6. The third-order valence-electron chi connectivity index (χ3n) is 7.77. The Morgan fingerprint density at radius 1 is 1.21 bits per heavy atom. The summed E-state index contributed by atoms with van der Waals surface area (Å²) >= 11 is 0. The van der Waals surface area contributed by atoms with E-state index >= 15 is 0 Å². The zero-order chi connectivity index (χ0) is 27.5. The predicted octanol–water partition coefficient (Wildman–Crippen LogP) is 2.87. The van der Waals surface area contributed by atoms with Crippen LogP contribution >= 0.6 is 0 Å². The predicted molar refractivity (Wildman–Crippen MR) is 129 cm³/mol. The van der Waals surface area contributed by atoms with Crippen molar-refractivity contribution in [2.24, 2.45) is 0 Å². The number of alkyl halides is 4. The van der Waals surface area contributed by atoms with Crippen molar-refractivity contribution in [2.45, 2.75) is 87.3 Å². The summed E-state index contributed by atoms with van der Waals surface area (Å²) in [5.41, 5.74) is -1.96. The van der Waals surface area contributed by atoms with E-state index in [1.165, 1.54) is 15.1 Å².